The SMILES string of the molecule is NC(CCCc1ccccc1)C1Cc2ccccc2S1. The van der Waals surface area contributed by atoms with Gasteiger partial charge in [-0.2, -0.15) is 0 Å². The molecule has 3 rings (SSSR count). The average molecular weight is 283 g/mol. The summed E-state index contributed by atoms with van der Waals surface area (Å²) in [5, 5.41) is 0.558. The van der Waals surface area contributed by atoms with Crippen LogP contribution in [0.25, 0.3) is 0 Å². The predicted molar refractivity (Wildman–Crippen MR) is 87.1 cm³/mol. The lowest BCUT2D eigenvalue weighted by Crippen LogP contribution is -2.32. The molecular formula is C18H21NS. The lowest BCUT2D eigenvalue weighted by Gasteiger charge is -2.18. The Bertz CT molecular complexity index is 527. The number of rotatable bonds is 5. The van der Waals surface area contributed by atoms with Gasteiger partial charge in [0.05, 0.1) is 0 Å². The summed E-state index contributed by atoms with van der Waals surface area (Å²) in [5.74, 6) is 0. The molecule has 2 N–H and O–H groups in total. The first-order valence-electron chi connectivity index (χ1n) is 7.37. The number of nitrogens with two attached hydrogens (primary N) is 1. The van der Waals surface area contributed by atoms with Crippen molar-refractivity contribution in [3.8, 4) is 0 Å². The highest BCUT2D eigenvalue weighted by atomic mass is 32.2. The van der Waals surface area contributed by atoms with Gasteiger partial charge >= 0.3 is 0 Å². The summed E-state index contributed by atoms with van der Waals surface area (Å²) < 4.78 is 0. The Hall–Kier alpha value is -1.25. The molecule has 1 nitrogen and oxygen atoms in total. The van der Waals surface area contributed by atoms with Gasteiger partial charge in [-0.25, -0.2) is 0 Å². The van der Waals surface area contributed by atoms with Crippen molar-refractivity contribution in [2.75, 3.05) is 0 Å². The molecule has 0 spiro atoms. The van der Waals surface area contributed by atoms with Crippen LogP contribution in [0.4, 0.5) is 0 Å². The maximum Gasteiger partial charge on any atom is 0.0287 e. The highest BCUT2D eigenvalue weighted by molar-refractivity contribution is 8.00. The van der Waals surface area contributed by atoms with Gasteiger partial charge in [0, 0.05) is 16.2 Å². The summed E-state index contributed by atoms with van der Waals surface area (Å²) in [4.78, 5) is 1.43. The number of fused-ring (bicyclic) bond motifs is 1. The van der Waals surface area contributed by atoms with Gasteiger partial charge in [-0.15, -0.1) is 11.8 Å². The Balaban J connectivity index is 1.48. The van der Waals surface area contributed by atoms with Crippen molar-refractivity contribution in [1.82, 2.24) is 0 Å². The van der Waals surface area contributed by atoms with Crippen molar-refractivity contribution in [3.63, 3.8) is 0 Å². The molecule has 1 aliphatic heterocycles. The quantitative estimate of drug-likeness (QED) is 0.895. The van der Waals surface area contributed by atoms with Crippen LogP contribution in [0.1, 0.15) is 24.0 Å². The second-order valence-electron chi connectivity index (χ2n) is 5.51. The maximum absolute atomic E-state index is 6.40. The third kappa shape index (κ3) is 3.25. The van der Waals surface area contributed by atoms with Gasteiger partial charge in [0.2, 0.25) is 0 Å². The zero-order valence-electron chi connectivity index (χ0n) is 11.7. The van der Waals surface area contributed by atoms with Crippen LogP contribution in [0.15, 0.2) is 59.5 Å². The average Bonchev–Trinajstić information content (AvgIpc) is 2.92. The van der Waals surface area contributed by atoms with Gasteiger partial charge in [-0.05, 0) is 42.9 Å². The van der Waals surface area contributed by atoms with Gasteiger partial charge in [0.25, 0.3) is 0 Å². The normalized spacial score (nSPS) is 18.8. The summed E-state index contributed by atoms with van der Waals surface area (Å²) in [5.41, 5.74) is 9.29. The van der Waals surface area contributed by atoms with Crippen LogP contribution in [0, 0.1) is 0 Å². The monoisotopic (exact) mass is 283 g/mol. The summed E-state index contributed by atoms with van der Waals surface area (Å²) >= 11 is 1.97. The minimum atomic E-state index is 0.302. The molecule has 2 atom stereocenters. The molecule has 0 aliphatic carbocycles. The van der Waals surface area contributed by atoms with E-state index in [2.05, 4.69) is 54.6 Å². The highest BCUT2D eigenvalue weighted by Gasteiger charge is 2.26. The molecule has 2 aromatic rings. The van der Waals surface area contributed by atoms with E-state index in [-0.39, 0.29) is 0 Å². The molecule has 2 heteroatoms. The molecule has 2 aromatic carbocycles. The molecule has 1 heterocycles. The maximum atomic E-state index is 6.40. The Morgan fingerprint density at radius 3 is 2.60 bits per heavy atom. The minimum Gasteiger partial charge on any atom is -0.327 e. The van der Waals surface area contributed by atoms with E-state index in [1.54, 1.807) is 0 Å². The zero-order valence-corrected chi connectivity index (χ0v) is 12.5. The topological polar surface area (TPSA) is 26.0 Å². The van der Waals surface area contributed by atoms with Crippen LogP contribution in [0.3, 0.4) is 0 Å². The molecule has 20 heavy (non-hydrogen) atoms. The standard InChI is InChI=1S/C18H21NS/c19-16(11-6-9-14-7-2-1-3-8-14)18-13-15-10-4-5-12-17(15)20-18/h1-5,7-8,10,12,16,18H,6,9,11,13,19H2. The lowest BCUT2D eigenvalue weighted by atomic mass is 10.00. The van der Waals surface area contributed by atoms with Crippen molar-refractivity contribution in [3.05, 3.63) is 65.7 Å². The zero-order chi connectivity index (χ0) is 13.8. The van der Waals surface area contributed by atoms with Crippen molar-refractivity contribution in [2.45, 2.75) is 41.9 Å². The fourth-order valence-corrected chi connectivity index (χ4v) is 4.18. The Kier molecular flexibility index (Phi) is 4.44. The van der Waals surface area contributed by atoms with E-state index in [1.165, 1.54) is 22.4 Å². The third-order valence-electron chi connectivity index (χ3n) is 4.00. The van der Waals surface area contributed by atoms with Crippen LogP contribution in [-0.2, 0) is 12.8 Å². The van der Waals surface area contributed by atoms with Gasteiger partial charge < -0.3 is 5.73 Å². The number of aryl methyl sites for hydroxylation is 1. The van der Waals surface area contributed by atoms with Crippen LogP contribution < -0.4 is 5.73 Å². The van der Waals surface area contributed by atoms with E-state index in [0.717, 1.165) is 19.3 Å². The molecule has 1 aliphatic rings. The largest absolute Gasteiger partial charge is 0.327 e. The molecule has 0 saturated heterocycles. The van der Waals surface area contributed by atoms with Crippen molar-refractivity contribution in [1.29, 1.82) is 0 Å². The molecule has 0 amide bonds. The number of hydrogen-bond acceptors (Lipinski definition) is 2. The van der Waals surface area contributed by atoms with Gasteiger partial charge in [-0.1, -0.05) is 48.5 Å². The van der Waals surface area contributed by atoms with Crippen molar-refractivity contribution < 1.29 is 0 Å². The molecule has 0 fully saturated rings. The first kappa shape index (κ1) is 13.7. The summed E-state index contributed by atoms with van der Waals surface area (Å²) in [6.45, 7) is 0. The fraction of sp³-hybridized carbons (Fsp3) is 0.333. The molecule has 0 aromatic heterocycles. The van der Waals surface area contributed by atoms with Gasteiger partial charge in [0.15, 0.2) is 0 Å². The number of thioether (sulfide) groups is 1. The lowest BCUT2D eigenvalue weighted by molar-refractivity contribution is 0.561. The number of hydrogen-bond donors (Lipinski definition) is 1. The van der Waals surface area contributed by atoms with Crippen molar-refractivity contribution in [2.24, 2.45) is 5.73 Å². The smallest absolute Gasteiger partial charge is 0.0287 e. The highest BCUT2D eigenvalue weighted by Crippen LogP contribution is 2.38. The van der Waals surface area contributed by atoms with E-state index in [9.17, 15) is 0 Å². The summed E-state index contributed by atoms with van der Waals surface area (Å²) in [6, 6.07) is 19.7. The molecule has 2 unspecified atom stereocenters. The second-order valence-corrected chi connectivity index (χ2v) is 6.79. The van der Waals surface area contributed by atoms with Crippen LogP contribution in [0.2, 0.25) is 0 Å². The van der Waals surface area contributed by atoms with E-state index >= 15 is 0 Å². The minimum absolute atomic E-state index is 0.302. The first-order chi connectivity index (χ1) is 9.83. The van der Waals surface area contributed by atoms with Gasteiger partial charge in [-0.3, -0.25) is 0 Å². The number of benzene rings is 2. The second kappa shape index (κ2) is 6.47. The van der Waals surface area contributed by atoms with Crippen LogP contribution in [-0.4, -0.2) is 11.3 Å². The van der Waals surface area contributed by atoms with E-state index in [1.807, 2.05) is 11.8 Å². The Morgan fingerprint density at radius 1 is 1.05 bits per heavy atom. The van der Waals surface area contributed by atoms with Crippen molar-refractivity contribution >= 4 is 11.8 Å². The molecule has 104 valence electrons. The van der Waals surface area contributed by atoms with Gasteiger partial charge in [0.1, 0.15) is 0 Å². The summed E-state index contributed by atoms with van der Waals surface area (Å²) in [7, 11) is 0. The van der Waals surface area contributed by atoms with E-state index in [4.69, 9.17) is 5.73 Å². The fourth-order valence-electron chi connectivity index (χ4n) is 2.82. The predicted octanol–water partition coefficient (Wildman–Crippen LogP) is 4.05. The van der Waals surface area contributed by atoms with Crippen LogP contribution in [0.5, 0.6) is 0 Å². The molecular weight excluding hydrogens is 262 g/mol. The Morgan fingerprint density at radius 2 is 1.80 bits per heavy atom. The van der Waals surface area contributed by atoms with E-state index in [0.29, 0.717) is 11.3 Å². The Labute approximate surface area is 125 Å². The molecule has 0 saturated carbocycles. The first-order valence-corrected chi connectivity index (χ1v) is 8.25. The molecule has 0 bridgehead atoms. The van der Waals surface area contributed by atoms with E-state index < -0.39 is 0 Å². The molecule has 0 radical (unpaired) electrons. The third-order valence-corrected chi connectivity index (χ3v) is 5.47. The summed E-state index contributed by atoms with van der Waals surface area (Å²) in [6.07, 6.45) is 4.56. The van der Waals surface area contributed by atoms with Crippen LogP contribution >= 0.6 is 11.8 Å².